The molecule has 0 radical (unpaired) electrons. The van der Waals surface area contributed by atoms with Crippen molar-refractivity contribution in [3.8, 4) is 0 Å². The molecule has 1 rings (SSSR count). The lowest BCUT2D eigenvalue weighted by Gasteiger charge is -2.04. The first-order valence-electron chi connectivity index (χ1n) is 3.00. The zero-order valence-electron chi connectivity index (χ0n) is 5.01. The van der Waals surface area contributed by atoms with Crippen molar-refractivity contribution in [1.29, 1.82) is 0 Å². The molecule has 0 aromatic carbocycles. The highest BCUT2D eigenvalue weighted by atomic mass is 19.1. The Balaban J connectivity index is 2.47. The van der Waals surface area contributed by atoms with Crippen LogP contribution in [-0.4, -0.2) is 23.7 Å². The second-order valence-electron chi connectivity index (χ2n) is 2.41. The number of aliphatic hydroxyl groups excluding tert-OH is 1. The largest absolute Gasteiger partial charge is 0.396 e. The van der Waals surface area contributed by atoms with Gasteiger partial charge in [0.05, 0.1) is 0 Å². The van der Waals surface area contributed by atoms with E-state index in [1.165, 1.54) is 0 Å². The second-order valence-corrected chi connectivity index (χ2v) is 2.41. The molecule has 2 nitrogen and oxygen atoms in total. The minimum absolute atomic E-state index is 0.00519. The number of hydrogen-bond donors (Lipinski definition) is 1. The van der Waals surface area contributed by atoms with Gasteiger partial charge in [-0.15, -0.1) is 0 Å². The van der Waals surface area contributed by atoms with E-state index >= 15 is 0 Å². The Morgan fingerprint density at radius 1 is 1.67 bits per heavy atom. The molecule has 9 heavy (non-hydrogen) atoms. The van der Waals surface area contributed by atoms with E-state index in [2.05, 4.69) is 0 Å². The molecule has 1 fully saturated rings. The molecule has 3 heteroatoms. The summed E-state index contributed by atoms with van der Waals surface area (Å²) in [6.45, 7) is -0.201. The molecule has 0 amide bonds. The van der Waals surface area contributed by atoms with Gasteiger partial charge in [0.2, 0.25) is 0 Å². The van der Waals surface area contributed by atoms with Crippen molar-refractivity contribution in [3.63, 3.8) is 0 Å². The van der Waals surface area contributed by atoms with E-state index in [9.17, 15) is 9.18 Å². The third-order valence-electron chi connectivity index (χ3n) is 1.66. The number of aliphatic hydroxyl groups is 1. The standard InChI is InChI=1S/C6H9FO2/c7-6-2-5(9)1-4(6)3-8/h4,6,8H,1-3H2. The van der Waals surface area contributed by atoms with Crippen molar-refractivity contribution in [2.24, 2.45) is 5.92 Å². The van der Waals surface area contributed by atoms with Gasteiger partial charge in [-0.05, 0) is 0 Å². The van der Waals surface area contributed by atoms with E-state index in [-0.39, 0.29) is 25.2 Å². The monoisotopic (exact) mass is 132 g/mol. The number of halogens is 1. The number of ketones is 1. The highest BCUT2D eigenvalue weighted by Crippen LogP contribution is 2.24. The molecule has 2 unspecified atom stereocenters. The summed E-state index contributed by atoms with van der Waals surface area (Å²) >= 11 is 0. The zero-order chi connectivity index (χ0) is 6.85. The molecule has 0 aliphatic heterocycles. The highest BCUT2D eigenvalue weighted by Gasteiger charge is 2.31. The summed E-state index contributed by atoms with van der Waals surface area (Å²) < 4.78 is 12.5. The van der Waals surface area contributed by atoms with Gasteiger partial charge in [0.1, 0.15) is 12.0 Å². The van der Waals surface area contributed by atoms with Crippen molar-refractivity contribution in [3.05, 3.63) is 0 Å². The summed E-state index contributed by atoms with van der Waals surface area (Å²) in [4.78, 5) is 10.5. The fraction of sp³-hybridized carbons (Fsp3) is 0.833. The molecule has 2 atom stereocenters. The van der Waals surface area contributed by atoms with Gasteiger partial charge < -0.3 is 5.11 Å². The van der Waals surface area contributed by atoms with Gasteiger partial charge in [0.25, 0.3) is 0 Å². The molecule has 1 N–H and O–H groups in total. The van der Waals surface area contributed by atoms with Crippen LogP contribution in [-0.2, 0) is 4.79 Å². The number of carbonyl (C=O) groups is 1. The molecular weight excluding hydrogens is 123 g/mol. The Hall–Kier alpha value is -0.440. The van der Waals surface area contributed by atoms with Crippen molar-refractivity contribution < 1.29 is 14.3 Å². The smallest absolute Gasteiger partial charge is 0.136 e. The lowest BCUT2D eigenvalue weighted by molar-refractivity contribution is -0.117. The normalized spacial score (nSPS) is 35.6. The minimum atomic E-state index is -1.09. The van der Waals surface area contributed by atoms with Crippen LogP contribution in [0.2, 0.25) is 0 Å². The van der Waals surface area contributed by atoms with Crippen molar-refractivity contribution in [1.82, 2.24) is 0 Å². The Kier molecular flexibility index (Phi) is 1.81. The van der Waals surface area contributed by atoms with Gasteiger partial charge in [0, 0.05) is 25.4 Å². The van der Waals surface area contributed by atoms with Gasteiger partial charge in [0.15, 0.2) is 0 Å². The van der Waals surface area contributed by atoms with E-state index in [1.807, 2.05) is 0 Å². The molecular formula is C6H9FO2. The van der Waals surface area contributed by atoms with Crippen LogP contribution >= 0.6 is 0 Å². The van der Waals surface area contributed by atoms with Crippen molar-refractivity contribution in [2.45, 2.75) is 19.0 Å². The number of carbonyl (C=O) groups excluding carboxylic acids is 1. The maximum atomic E-state index is 12.5. The van der Waals surface area contributed by atoms with Crippen LogP contribution in [0.3, 0.4) is 0 Å². The summed E-state index contributed by atoms with van der Waals surface area (Å²) in [6.07, 6.45) is -0.870. The topological polar surface area (TPSA) is 37.3 Å². The van der Waals surface area contributed by atoms with E-state index in [0.717, 1.165) is 0 Å². The zero-order valence-corrected chi connectivity index (χ0v) is 5.01. The average Bonchev–Trinajstić information content (AvgIpc) is 2.10. The summed E-state index contributed by atoms with van der Waals surface area (Å²) in [7, 11) is 0. The fourth-order valence-electron chi connectivity index (χ4n) is 1.07. The van der Waals surface area contributed by atoms with E-state index in [0.29, 0.717) is 0 Å². The molecule has 0 heterocycles. The maximum Gasteiger partial charge on any atom is 0.136 e. The first-order valence-corrected chi connectivity index (χ1v) is 3.00. The number of Topliss-reactive ketones (excluding diaryl/α,β-unsaturated/α-hetero) is 1. The molecule has 1 aliphatic carbocycles. The first-order chi connectivity index (χ1) is 4.24. The van der Waals surface area contributed by atoms with Crippen LogP contribution < -0.4 is 0 Å². The third kappa shape index (κ3) is 1.27. The van der Waals surface area contributed by atoms with E-state index in [1.54, 1.807) is 0 Å². The molecule has 0 spiro atoms. The Bertz CT molecular complexity index is 124. The van der Waals surface area contributed by atoms with Gasteiger partial charge in [-0.3, -0.25) is 4.79 Å². The van der Waals surface area contributed by atoms with Crippen LogP contribution in [0.15, 0.2) is 0 Å². The van der Waals surface area contributed by atoms with Gasteiger partial charge in [-0.25, -0.2) is 4.39 Å². The first kappa shape index (κ1) is 6.68. The number of alkyl halides is 1. The number of hydrogen-bond acceptors (Lipinski definition) is 2. The second kappa shape index (κ2) is 2.43. The van der Waals surface area contributed by atoms with Crippen molar-refractivity contribution >= 4 is 5.78 Å². The highest BCUT2D eigenvalue weighted by molar-refractivity contribution is 5.81. The summed E-state index contributed by atoms with van der Waals surface area (Å²) in [5.74, 6) is -0.487. The minimum Gasteiger partial charge on any atom is -0.396 e. The maximum absolute atomic E-state index is 12.5. The van der Waals surface area contributed by atoms with Crippen LogP contribution in [0.5, 0.6) is 0 Å². The van der Waals surface area contributed by atoms with Crippen LogP contribution in [0.25, 0.3) is 0 Å². The predicted octanol–water partition coefficient (Wildman–Crippen LogP) is 0.296. The van der Waals surface area contributed by atoms with Gasteiger partial charge in [-0.2, -0.15) is 0 Å². The van der Waals surface area contributed by atoms with E-state index < -0.39 is 12.1 Å². The average molecular weight is 132 g/mol. The summed E-state index contributed by atoms with van der Waals surface area (Å²) in [5, 5.41) is 8.46. The fourth-order valence-corrected chi connectivity index (χ4v) is 1.07. The SMILES string of the molecule is O=C1CC(F)C(CO)C1. The summed E-state index contributed by atoms with van der Waals surface area (Å²) in [6, 6.07) is 0. The molecule has 0 bridgehead atoms. The molecule has 1 aliphatic rings. The number of rotatable bonds is 1. The quantitative estimate of drug-likeness (QED) is 0.557. The Morgan fingerprint density at radius 2 is 2.33 bits per heavy atom. The molecule has 0 saturated heterocycles. The Morgan fingerprint density at radius 3 is 2.56 bits per heavy atom. The van der Waals surface area contributed by atoms with Gasteiger partial charge in [-0.1, -0.05) is 0 Å². The lowest BCUT2D eigenvalue weighted by atomic mass is 10.1. The van der Waals surface area contributed by atoms with Gasteiger partial charge >= 0.3 is 0 Å². The third-order valence-corrected chi connectivity index (χ3v) is 1.66. The molecule has 0 aromatic rings. The van der Waals surface area contributed by atoms with Crippen LogP contribution in [0.1, 0.15) is 12.8 Å². The summed E-state index contributed by atoms with van der Waals surface area (Å²) in [5.41, 5.74) is 0. The van der Waals surface area contributed by atoms with Crippen molar-refractivity contribution in [2.75, 3.05) is 6.61 Å². The lowest BCUT2D eigenvalue weighted by Crippen LogP contribution is -2.11. The van der Waals surface area contributed by atoms with E-state index in [4.69, 9.17) is 5.11 Å². The van der Waals surface area contributed by atoms with Crippen LogP contribution in [0, 0.1) is 5.92 Å². The molecule has 1 saturated carbocycles. The molecule has 0 aromatic heterocycles. The molecule has 52 valence electrons. The Labute approximate surface area is 52.7 Å². The van der Waals surface area contributed by atoms with Crippen LogP contribution in [0.4, 0.5) is 4.39 Å². The predicted molar refractivity (Wildman–Crippen MR) is 29.7 cm³/mol.